The predicted molar refractivity (Wildman–Crippen MR) is 67.4 cm³/mol. The van der Waals surface area contributed by atoms with Gasteiger partial charge < -0.3 is 10.2 Å². The van der Waals surface area contributed by atoms with Crippen LogP contribution in [0.15, 0.2) is 0 Å². The molecule has 0 heterocycles. The number of rotatable bonds is 6. The van der Waals surface area contributed by atoms with E-state index in [2.05, 4.69) is 24.1 Å². The van der Waals surface area contributed by atoms with Crippen molar-refractivity contribution in [1.29, 1.82) is 0 Å². The van der Waals surface area contributed by atoms with Gasteiger partial charge >= 0.3 is 0 Å². The van der Waals surface area contributed by atoms with Gasteiger partial charge in [0.2, 0.25) is 5.91 Å². The third-order valence-electron chi connectivity index (χ3n) is 3.60. The lowest BCUT2D eigenvalue weighted by molar-refractivity contribution is -0.125. The predicted octanol–water partition coefficient (Wildman–Crippen LogP) is 2.02. The van der Waals surface area contributed by atoms with Gasteiger partial charge in [-0.1, -0.05) is 33.1 Å². The Hall–Kier alpha value is -0.570. The average molecular weight is 226 g/mol. The lowest BCUT2D eigenvalue weighted by Crippen LogP contribution is -2.38. The van der Waals surface area contributed by atoms with Crippen LogP contribution < -0.4 is 5.32 Å². The first-order chi connectivity index (χ1) is 7.77. The van der Waals surface area contributed by atoms with Crippen LogP contribution in [-0.2, 0) is 4.79 Å². The summed E-state index contributed by atoms with van der Waals surface area (Å²) in [5, 5.41) is 3.07. The molecular formula is C13H26N2O. The van der Waals surface area contributed by atoms with E-state index in [0.29, 0.717) is 5.92 Å². The summed E-state index contributed by atoms with van der Waals surface area (Å²) >= 11 is 0. The van der Waals surface area contributed by atoms with Crippen LogP contribution in [0.5, 0.6) is 0 Å². The van der Waals surface area contributed by atoms with Gasteiger partial charge in [0.15, 0.2) is 0 Å². The largest absolute Gasteiger partial charge is 0.355 e. The van der Waals surface area contributed by atoms with Crippen LogP contribution in [0.25, 0.3) is 0 Å². The topological polar surface area (TPSA) is 32.3 Å². The third-order valence-corrected chi connectivity index (χ3v) is 3.60. The molecule has 0 aromatic carbocycles. The summed E-state index contributed by atoms with van der Waals surface area (Å²) in [6, 6.07) is 0. The minimum atomic E-state index is 0.284. The lowest BCUT2D eigenvalue weighted by Gasteiger charge is -2.22. The van der Waals surface area contributed by atoms with Crippen LogP contribution in [-0.4, -0.2) is 37.0 Å². The van der Waals surface area contributed by atoms with E-state index in [1.807, 2.05) is 0 Å². The molecule has 0 spiro atoms. The second-order valence-electron chi connectivity index (χ2n) is 4.65. The molecule has 0 radical (unpaired) electrons. The minimum absolute atomic E-state index is 0.284. The van der Waals surface area contributed by atoms with Crippen molar-refractivity contribution in [3.05, 3.63) is 0 Å². The Morgan fingerprint density at radius 3 is 2.38 bits per heavy atom. The summed E-state index contributed by atoms with van der Waals surface area (Å²) in [6.45, 7) is 8.23. The number of amides is 1. The van der Waals surface area contributed by atoms with Gasteiger partial charge in [-0.05, 0) is 25.9 Å². The molecule has 1 N–H and O–H groups in total. The molecule has 0 bridgehead atoms. The van der Waals surface area contributed by atoms with Gasteiger partial charge in [-0.15, -0.1) is 0 Å². The zero-order chi connectivity index (χ0) is 11.8. The molecule has 0 atom stereocenters. The summed E-state index contributed by atoms with van der Waals surface area (Å²) in [4.78, 5) is 14.2. The summed E-state index contributed by atoms with van der Waals surface area (Å²) in [5.41, 5.74) is 0. The summed E-state index contributed by atoms with van der Waals surface area (Å²) in [7, 11) is 0. The average Bonchev–Trinajstić information content (AvgIpc) is 2.35. The molecule has 1 aliphatic rings. The van der Waals surface area contributed by atoms with Gasteiger partial charge in [-0.2, -0.15) is 0 Å². The minimum Gasteiger partial charge on any atom is -0.355 e. The number of hydrogen-bond donors (Lipinski definition) is 1. The highest BCUT2D eigenvalue weighted by atomic mass is 16.1. The first-order valence-electron chi connectivity index (χ1n) is 6.78. The van der Waals surface area contributed by atoms with Crippen LogP contribution in [0.3, 0.4) is 0 Å². The molecule has 3 heteroatoms. The van der Waals surface area contributed by atoms with E-state index in [0.717, 1.165) is 39.0 Å². The summed E-state index contributed by atoms with van der Waals surface area (Å²) in [6.07, 6.45) is 5.96. The molecule has 1 aliphatic carbocycles. The number of nitrogens with zero attached hydrogens (tertiary/aromatic N) is 1. The van der Waals surface area contributed by atoms with Gasteiger partial charge in [0.1, 0.15) is 0 Å². The van der Waals surface area contributed by atoms with Gasteiger partial charge in [0.05, 0.1) is 0 Å². The zero-order valence-corrected chi connectivity index (χ0v) is 10.8. The van der Waals surface area contributed by atoms with Crippen molar-refractivity contribution in [1.82, 2.24) is 10.2 Å². The second-order valence-corrected chi connectivity index (χ2v) is 4.65. The van der Waals surface area contributed by atoms with Crippen molar-refractivity contribution in [2.45, 2.75) is 46.0 Å². The maximum atomic E-state index is 11.8. The van der Waals surface area contributed by atoms with Crippen molar-refractivity contribution >= 4 is 5.91 Å². The Morgan fingerprint density at radius 2 is 1.81 bits per heavy atom. The molecule has 0 aliphatic heterocycles. The second kappa shape index (κ2) is 7.66. The van der Waals surface area contributed by atoms with Crippen molar-refractivity contribution in [2.24, 2.45) is 5.92 Å². The highest BCUT2D eigenvalue weighted by molar-refractivity contribution is 5.78. The number of hydrogen-bond acceptors (Lipinski definition) is 2. The standard InChI is InChI=1S/C13H26N2O/c1-3-15(4-2)11-10-14-13(16)12-8-6-5-7-9-12/h12H,3-11H2,1-2H3,(H,14,16). The smallest absolute Gasteiger partial charge is 0.223 e. The molecular weight excluding hydrogens is 200 g/mol. The summed E-state index contributed by atoms with van der Waals surface area (Å²) < 4.78 is 0. The Bertz CT molecular complexity index is 196. The van der Waals surface area contributed by atoms with Crippen LogP contribution in [0, 0.1) is 5.92 Å². The fourth-order valence-electron chi connectivity index (χ4n) is 2.39. The highest BCUT2D eigenvalue weighted by Gasteiger charge is 2.20. The van der Waals surface area contributed by atoms with Crippen molar-refractivity contribution in [2.75, 3.05) is 26.2 Å². The van der Waals surface area contributed by atoms with Crippen LogP contribution >= 0.6 is 0 Å². The highest BCUT2D eigenvalue weighted by Crippen LogP contribution is 2.23. The van der Waals surface area contributed by atoms with E-state index < -0.39 is 0 Å². The quantitative estimate of drug-likeness (QED) is 0.751. The maximum Gasteiger partial charge on any atom is 0.223 e. The SMILES string of the molecule is CCN(CC)CCNC(=O)C1CCCCC1. The molecule has 0 saturated heterocycles. The normalized spacial score (nSPS) is 17.7. The van der Waals surface area contributed by atoms with Crippen LogP contribution in [0.4, 0.5) is 0 Å². The molecule has 16 heavy (non-hydrogen) atoms. The van der Waals surface area contributed by atoms with Gasteiger partial charge in [0.25, 0.3) is 0 Å². The monoisotopic (exact) mass is 226 g/mol. The number of nitrogens with one attached hydrogen (secondary N) is 1. The molecule has 0 aromatic heterocycles. The van der Waals surface area contributed by atoms with Crippen molar-refractivity contribution in [3.63, 3.8) is 0 Å². The third kappa shape index (κ3) is 4.52. The number of likely N-dealkylation sites (N-methyl/N-ethyl adjacent to an activating group) is 1. The lowest BCUT2D eigenvalue weighted by atomic mass is 9.89. The zero-order valence-electron chi connectivity index (χ0n) is 10.8. The van der Waals surface area contributed by atoms with E-state index >= 15 is 0 Å². The molecule has 0 unspecified atom stereocenters. The Morgan fingerprint density at radius 1 is 1.19 bits per heavy atom. The number of carbonyl (C=O) groups excluding carboxylic acids is 1. The van der Waals surface area contributed by atoms with Crippen LogP contribution in [0.2, 0.25) is 0 Å². The fraction of sp³-hybridized carbons (Fsp3) is 0.923. The van der Waals surface area contributed by atoms with Gasteiger partial charge in [-0.25, -0.2) is 0 Å². The Balaban J connectivity index is 2.13. The first kappa shape index (κ1) is 13.5. The molecule has 0 aromatic rings. The molecule has 3 nitrogen and oxygen atoms in total. The van der Waals surface area contributed by atoms with E-state index in [4.69, 9.17) is 0 Å². The molecule has 1 rings (SSSR count). The Kier molecular flexibility index (Phi) is 6.46. The van der Waals surface area contributed by atoms with Crippen molar-refractivity contribution < 1.29 is 4.79 Å². The van der Waals surface area contributed by atoms with E-state index in [1.54, 1.807) is 0 Å². The molecule has 1 amide bonds. The maximum absolute atomic E-state index is 11.8. The molecule has 1 fully saturated rings. The Labute approximate surface area is 99.6 Å². The van der Waals surface area contributed by atoms with Crippen LogP contribution in [0.1, 0.15) is 46.0 Å². The van der Waals surface area contributed by atoms with E-state index in [9.17, 15) is 4.79 Å². The van der Waals surface area contributed by atoms with E-state index in [1.165, 1.54) is 19.3 Å². The van der Waals surface area contributed by atoms with Gasteiger partial charge in [-0.3, -0.25) is 4.79 Å². The number of carbonyl (C=O) groups is 1. The molecule has 94 valence electrons. The summed E-state index contributed by atoms with van der Waals surface area (Å²) in [5.74, 6) is 0.581. The first-order valence-corrected chi connectivity index (χ1v) is 6.78. The van der Waals surface area contributed by atoms with Gasteiger partial charge in [0, 0.05) is 19.0 Å². The molecule has 1 saturated carbocycles. The van der Waals surface area contributed by atoms with Crippen molar-refractivity contribution in [3.8, 4) is 0 Å². The van der Waals surface area contributed by atoms with E-state index in [-0.39, 0.29) is 5.91 Å². The fourth-order valence-corrected chi connectivity index (χ4v) is 2.39.